The molecule has 2 saturated heterocycles. The summed E-state index contributed by atoms with van der Waals surface area (Å²) >= 11 is 0. The molecule has 0 aliphatic carbocycles. The molecule has 3 aromatic heterocycles. The van der Waals surface area contributed by atoms with Gasteiger partial charge >= 0.3 is 0 Å². The molecule has 3 aromatic rings. The third-order valence-corrected chi connectivity index (χ3v) is 4.92. The zero-order chi connectivity index (χ0) is 18.1. The summed E-state index contributed by atoms with van der Waals surface area (Å²) in [6.07, 6.45) is 4.96. The van der Waals surface area contributed by atoms with Crippen molar-refractivity contribution < 1.29 is 18.3 Å². The Morgan fingerprint density at radius 1 is 0.963 bits per heavy atom. The number of fused-ring (bicyclic) bond motifs is 1. The van der Waals surface area contributed by atoms with Crippen LogP contribution in [-0.2, 0) is 16.0 Å². The molecular formula is C19H20N4O4. The number of hydrogen-bond donors (Lipinski definition) is 2. The molecule has 2 aliphatic heterocycles. The van der Waals surface area contributed by atoms with Crippen LogP contribution in [0.15, 0.2) is 57.9 Å². The fraction of sp³-hybridized carbons (Fsp3) is 0.368. The maximum atomic E-state index is 5.99. The van der Waals surface area contributed by atoms with Crippen LogP contribution in [0.1, 0.15) is 5.76 Å². The van der Waals surface area contributed by atoms with Gasteiger partial charge in [0.2, 0.25) is 5.95 Å². The highest BCUT2D eigenvalue weighted by molar-refractivity contribution is 5.53. The van der Waals surface area contributed by atoms with E-state index in [1.807, 2.05) is 30.3 Å². The molecule has 140 valence electrons. The second-order valence-electron chi connectivity index (χ2n) is 6.66. The molecule has 0 amide bonds. The predicted molar refractivity (Wildman–Crippen MR) is 96.0 cm³/mol. The van der Waals surface area contributed by atoms with Crippen molar-refractivity contribution in [2.24, 2.45) is 0 Å². The lowest BCUT2D eigenvalue weighted by atomic mass is 10.1. The zero-order valence-corrected chi connectivity index (χ0v) is 14.6. The molecule has 0 spiro atoms. The van der Waals surface area contributed by atoms with Crippen LogP contribution in [0.25, 0.3) is 11.5 Å². The van der Waals surface area contributed by atoms with Crippen LogP contribution >= 0.6 is 0 Å². The van der Waals surface area contributed by atoms with Gasteiger partial charge in [-0.3, -0.25) is 0 Å². The minimum atomic E-state index is -0.0463. The number of hydrogen-bond acceptors (Lipinski definition) is 8. The molecular weight excluding hydrogens is 348 g/mol. The highest BCUT2D eigenvalue weighted by atomic mass is 16.6. The Hall–Kier alpha value is -2.68. The normalized spacial score (nSPS) is 27.0. The molecule has 2 fully saturated rings. The third-order valence-electron chi connectivity index (χ3n) is 4.92. The van der Waals surface area contributed by atoms with Gasteiger partial charge in [-0.05, 0) is 30.3 Å². The van der Waals surface area contributed by atoms with Crippen molar-refractivity contribution >= 4 is 5.95 Å². The Balaban J connectivity index is 1.22. The predicted octanol–water partition coefficient (Wildman–Crippen LogP) is 2.07. The molecule has 4 unspecified atom stereocenters. The molecule has 27 heavy (non-hydrogen) atoms. The van der Waals surface area contributed by atoms with E-state index in [4.69, 9.17) is 18.3 Å². The van der Waals surface area contributed by atoms with Crippen molar-refractivity contribution in [3.8, 4) is 11.5 Å². The standard InChI is InChI=1S/C19H20N4O4/c1-3-12(24-7-1)9-21-14-10-26-18-15(11-27-17(14)18)23-19-20-6-5-13(22-19)16-4-2-8-25-16/h1-8,14-15,17-18,21H,9-11H2,(H,20,22,23). The number of furan rings is 2. The van der Waals surface area contributed by atoms with Crippen molar-refractivity contribution in [2.45, 2.75) is 30.8 Å². The van der Waals surface area contributed by atoms with E-state index in [1.54, 1.807) is 18.7 Å². The third kappa shape index (κ3) is 3.34. The lowest BCUT2D eigenvalue weighted by molar-refractivity contribution is 0.0673. The summed E-state index contributed by atoms with van der Waals surface area (Å²) in [5.41, 5.74) is 0.735. The Labute approximate surface area is 155 Å². The molecule has 4 atom stereocenters. The Morgan fingerprint density at radius 2 is 1.78 bits per heavy atom. The Kier molecular flexibility index (Phi) is 4.36. The zero-order valence-electron chi connectivity index (χ0n) is 14.6. The van der Waals surface area contributed by atoms with E-state index in [0.717, 1.165) is 11.5 Å². The van der Waals surface area contributed by atoms with Crippen LogP contribution in [0, 0.1) is 0 Å². The Bertz CT molecular complexity index is 868. The van der Waals surface area contributed by atoms with E-state index in [-0.39, 0.29) is 24.3 Å². The molecule has 2 aliphatic rings. The monoisotopic (exact) mass is 368 g/mol. The molecule has 8 nitrogen and oxygen atoms in total. The number of ether oxygens (including phenoxy) is 2. The number of rotatable bonds is 6. The van der Waals surface area contributed by atoms with Crippen LogP contribution in [0.4, 0.5) is 5.95 Å². The molecule has 8 heteroatoms. The molecule has 2 N–H and O–H groups in total. The summed E-state index contributed by atoms with van der Waals surface area (Å²) in [5.74, 6) is 2.14. The first kappa shape index (κ1) is 16.5. The van der Waals surface area contributed by atoms with Crippen molar-refractivity contribution in [1.82, 2.24) is 15.3 Å². The number of anilines is 1. The summed E-state index contributed by atoms with van der Waals surface area (Å²) in [6, 6.07) is 9.48. The SMILES string of the molecule is c1coc(CNC2COC3C(Nc4nccc(-c5ccco5)n4)COC23)c1. The van der Waals surface area contributed by atoms with Gasteiger partial charge < -0.3 is 28.9 Å². The maximum Gasteiger partial charge on any atom is 0.223 e. The van der Waals surface area contributed by atoms with E-state index in [2.05, 4.69) is 20.6 Å². The maximum absolute atomic E-state index is 5.99. The molecule has 0 bridgehead atoms. The largest absolute Gasteiger partial charge is 0.468 e. The van der Waals surface area contributed by atoms with Crippen molar-refractivity contribution in [2.75, 3.05) is 18.5 Å². The van der Waals surface area contributed by atoms with Gasteiger partial charge in [-0.25, -0.2) is 9.97 Å². The fourth-order valence-corrected chi connectivity index (χ4v) is 3.60. The Morgan fingerprint density at radius 3 is 2.59 bits per heavy atom. The minimum Gasteiger partial charge on any atom is -0.468 e. The summed E-state index contributed by atoms with van der Waals surface area (Å²) in [7, 11) is 0. The van der Waals surface area contributed by atoms with E-state index < -0.39 is 0 Å². The first-order valence-electron chi connectivity index (χ1n) is 8.99. The topological polar surface area (TPSA) is 94.6 Å². The fourth-order valence-electron chi connectivity index (χ4n) is 3.60. The van der Waals surface area contributed by atoms with Crippen LogP contribution in [0.2, 0.25) is 0 Å². The van der Waals surface area contributed by atoms with Crippen LogP contribution in [0.3, 0.4) is 0 Å². The highest BCUT2D eigenvalue weighted by Crippen LogP contribution is 2.29. The van der Waals surface area contributed by atoms with Gasteiger partial charge in [0.05, 0.1) is 44.4 Å². The van der Waals surface area contributed by atoms with Crippen LogP contribution < -0.4 is 10.6 Å². The molecule has 0 saturated carbocycles. The van der Waals surface area contributed by atoms with Crippen LogP contribution in [-0.4, -0.2) is 47.5 Å². The number of aromatic nitrogens is 2. The molecule has 0 radical (unpaired) electrons. The smallest absolute Gasteiger partial charge is 0.223 e. The van der Waals surface area contributed by atoms with Gasteiger partial charge in [0.15, 0.2) is 5.76 Å². The van der Waals surface area contributed by atoms with Gasteiger partial charge in [-0.1, -0.05) is 0 Å². The quantitative estimate of drug-likeness (QED) is 0.683. The second-order valence-corrected chi connectivity index (χ2v) is 6.66. The summed E-state index contributed by atoms with van der Waals surface area (Å²) in [5, 5.41) is 6.80. The first-order valence-corrected chi connectivity index (χ1v) is 8.99. The highest BCUT2D eigenvalue weighted by Gasteiger charge is 2.47. The first-order chi connectivity index (χ1) is 13.4. The summed E-state index contributed by atoms with van der Waals surface area (Å²) in [4.78, 5) is 8.84. The van der Waals surface area contributed by atoms with Gasteiger partial charge in [0, 0.05) is 6.20 Å². The summed E-state index contributed by atoms with van der Waals surface area (Å²) < 4.78 is 22.8. The minimum absolute atomic E-state index is 0.00253. The van der Waals surface area contributed by atoms with E-state index >= 15 is 0 Å². The average Bonchev–Trinajstić information content (AvgIpc) is 3.47. The molecule has 5 rings (SSSR count). The van der Waals surface area contributed by atoms with Crippen molar-refractivity contribution in [3.63, 3.8) is 0 Å². The van der Waals surface area contributed by atoms with Gasteiger partial charge in [0.1, 0.15) is 23.7 Å². The van der Waals surface area contributed by atoms with E-state index in [1.165, 1.54) is 0 Å². The second kappa shape index (κ2) is 7.15. The number of nitrogens with one attached hydrogen (secondary N) is 2. The lowest BCUT2D eigenvalue weighted by Gasteiger charge is -2.18. The summed E-state index contributed by atoms with van der Waals surface area (Å²) in [6.45, 7) is 1.80. The average molecular weight is 368 g/mol. The van der Waals surface area contributed by atoms with Crippen molar-refractivity contribution in [1.29, 1.82) is 0 Å². The van der Waals surface area contributed by atoms with Gasteiger partial charge in [0.25, 0.3) is 0 Å². The van der Waals surface area contributed by atoms with E-state index in [9.17, 15) is 0 Å². The molecule has 5 heterocycles. The van der Waals surface area contributed by atoms with E-state index in [0.29, 0.717) is 31.5 Å². The lowest BCUT2D eigenvalue weighted by Crippen LogP contribution is -2.41. The van der Waals surface area contributed by atoms with Gasteiger partial charge in [-0.15, -0.1) is 0 Å². The van der Waals surface area contributed by atoms with Gasteiger partial charge in [-0.2, -0.15) is 0 Å². The van der Waals surface area contributed by atoms with Crippen LogP contribution in [0.5, 0.6) is 0 Å². The molecule has 0 aromatic carbocycles. The number of nitrogens with zero attached hydrogens (tertiary/aromatic N) is 2. The van der Waals surface area contributed by atoms with Crippen molar-refractivity contribution in [3.05, 3.63) is 54.8 Å².